The zero-order chi connectivity index (χ0) is 15.0. The highest BCUT2D eigenvalue weighted by Crippen LogP contribution is 2.11. The smallest absolute Gasteiger partial charge is 0.335 e. The molecule has 1 atom stereocenters. The molecule has 0 spiro atoms. The lowest BCUT2D eigenvalue weighted by Crippen LogP contribution is -2.33. The van der Waals surface area contributed by atoms with Crippen LogP contribution in [0.3, 0.4) is 0 Å². The van der Waals surface area contributed by atoms with Crippen LogP contribution in [0.5, 0.6) is 0 Å². The Bertz CT molecular complexity index is 459. The number of benzene rings is 1. The Labute approximate surface area is 118 Å². The van der Waals surface area contributed by atoms with Gasteiger partial charge in [-0.3, -0.25) is 4.79 Å². The van der Waals surface area contributed by atoms with E-state index in [0.29, 0.717) is 18.6 Å². The van der Waals surface area contributed by atoms with Crippen molar-refractivity contribution in [3.8, 4) is 0 Å². The van der Waals surface area contributed by atoms with Gasteiger partial charge in [-0.05, 0) is 31.4 Å². The van der Waals surface area contributed by atoms with Gasteiger partial charge in [-0.2, -0.15) is 0 Å². The molecule has 5 heteroatoms. The van der Waals surface area contributed by atoms with Crippen molar-refractivity contribution in [1.29, 1.82) is 0 Å². The topological polar surface area (TPSA) is 75.6 Å². The van der Waals surface area contributed by atoms with Gasteiger partial charge >= 0.3 is 5.97 Å². The molecule has 1 amide bonds. The summed E-state index contributed by atoms with van der Waals surface area (Å²) in [5.41, 5.74) is 0.937. The Balaban J connectivity index is 2.47. The molecule has 0 radical (unpaired) electrons. The van der Waals surface area contributed by atoms with E-state index in [9.17, 15) is 9.59 Å². The molecule has 110 valence electrons. The zero-order valence-corrected chi connectivity index (χ0v) is 11.9. The van der Waals surface area contributed by atoms with Crippen molar-refractivity contribution >= 4 is 11.9 Å². The highest BCUT2D eigenvalue weighted by atomic mass is 16.5. The summed E-state index contributed by atoms with van der Waals surface area (Å²) in [5.74, 6) is -1.04. The van der Waals surface area contributed by atoms with Gasteiger partial charge in [-0.15, -0.1) is 0 Å². The number of nitrogens with one attached hydrogen (secondary N) is 1. The summed E-state index contributed by atoms with van der Waals surface area (Å²) in [6.45, 7) is 2.52. The van der Waals surface area contributed by atoms with Gasteiger partial charge in [0.05, 0.1) is 5.56 Å². The monoisotopic (exact) mass is 279 g/mol. The molecular formula is C15H21NO4. The van der Waals surface area contributed by atoms with Crippen LogP contribution >= 0.6 is 0 Å². The average Bonchev–Trinajstić information content (AvgIpc) is 2.43. The minimum absolute atomic E-state index is 0.0529. The molecule has 0 aliphatic heterocycles. The Morgan fingerprint density at radius 1 is 1.35 bits per heavy atom. The summed E-state index contributed by atoms with van der Waals surface area (Å²) >= 11 is 0. The lowest BCUT2D eigenvalue weighted by atomic mass is 10.0. The van der Waals surface area contributed by atoms with Gasteiger partial charge in [0, 0.05) is 26.2 Å². The van der Waals surface area contributed by atoms with Gasteiger partial charge in [-0.25, -0.2) is 4.79 Å². The van der Waals surface area contributed by atoms with E-state index in [4.69, 9.17) is 9.84 Å². The molecule has 1 aromatic carbocycles. The number of hydrogen-bond acceptors (Lipinski definition) is 3. The number of aromatic carboxylic acids is 1. The first-order valence-corrected chi connectivity index (χ1v) is 6.64. The first-order valence-electron chi connectivity index (χ1n) is 6.64. The van der Waals surface area contributed by atoms with Crippen molar-refractivity contribution in [2.75, 3.05) is 13.7 Å². The number of carboxylic acids is 1. The lowest BCUT2D eigenvalue weighted by Gasteiger charge is -2.13. The molecule has 0 aliphatic rings. The van der Waals surface area contributed by atoms with Gasteiger partial charge in [0.1, 0.15) is 0 Å². The number of amides is 1. The van der Waals surface area contributed by atoms with E-state index in [0.717, 1.165) is 6.42 Å². The predicted molar refractivity (Wildman–Crippen MR) is 75.8 cm³/mol. The van der Waals surface area contributed by atoms with E-state index >= 15 is 0 Å². The van der Waals surface area contributed by atoms with E-state index in [2.05, 4.69) is 5.32 Å². The first-order chi connectivity index (χ1) is 9.54. The van der Waals surface area contributed by atoms with Crippen LogP contribution in [0, 0.1) is 0 Å². The van der Waals surface area contributed by atoms with Gasteiger partial charge in [0.2, 0.25) is 5.91 Å². The fourth-order valence-corrected chi connectivity index (χ4v) is 1.91. The van der Waals surface area contributed by atoms with Crippen molar-refractivity contribution in [2.24, 2.45) is 0 Å². The fraction of sp³-hybridized carbons (Fsp3) is 0.467. The van der Waals surface area contributed by atoms with Crippen molar-refractivity contribution in [2.45, 2.75) is 32.2 Å². The van der Waals surface area contributed by atoms with Gasteiger partial charge in [0.15, 0.2) is 0 Å². The molecular weight excluding hydrogens is 258 g/mol. The Morgan fingerprint density at radius 2 is 2.05 bits per heavy atom. The van der Waals surface area contributed by atoms with Crippen LogP contribution in [0.1, 0.15) is 35.7 Å². The molecule has 1 unspecified atom stereocenters. The number of rotatable bonds is 8. The second-order valence-electron chi connectivity index (χ2n) is 4.71. The van der Waals surface area contributed by atoms with Gasteiger partial charge in [0.25, 0.3) is 0 Å². The number of ether oxygens (including phenoxy) is 1. The summed E-state index contributed by atoms with van der Waals surface area (Å²) in [6.07, 6.45) is 1.46. The lowest BCUT2D eigenvalue weighted by molar-refractivity contribution is -0.121. The summed E-state index contributed by atoms with van der Waals surface area (Å²) in [5, 5.41) is 11.9. The molecule has 2 N–H and O–H groups in total. The molecule has 0 saturated heterocycles. The van der Waals surface area contributed by atoms with E-state index in [1.54, 1.807) is 31.4 Å². The van der Waals surface area contributed by atoms with Gasteiger partial charge in [-0.1, -0.05) is 18.2 Å². The van der Waals surface area contributed by atoms with Crippen LogP contribution < -0.4 is 5.32 Å². The summed E-state index contributed by atoms with van der Waals surface area (Å²) in [7, 11) is 1.62. The van der Waals surface area contributed by atoms with Crippen LogP contribution in [0.2, 0.25) is 0 Å². The highest BCUT2D eigenvalue weighted by molar-refractivity contribution is 5.89. The minimum atomic E-state index is -0.963. The first kappa shape index (κ1) is 16.2. The Kier molecular flexibility index (Phi) is 6.73. The maximum Gasteiger partial charge on any atom is 0.335 e. The minimum Gasteiger partial charge on any atom is -0.478 e. The highest BCUT2D eigenvalue weighted by Gasteiger charge is 2.11. The summed E-state index contributed by atoms with van der Waals surface area (Å²) < 4.78 is 4.95. The summed E-state index contributed by atoms with van der Waals surface area (Å²) in [4.78, 5) is 22.8. The Hall–Kier alpha value is -1.88. The number of carbonyl (C=O) groups excluding carboxylic acids is 1. The molecule has 0 bridgehead atoms. The standard InChI is InChI=1S/C15H21NO4/c1-11(9-10-20-2)16-14(17)8-7-12-5-3-4-6-13(12)15(18)19/h3-6,11H,7-10H2,1-2H3,(H,16,17)(H,18,19). The third kappa shape index (κ3) is 5.40. The maximum absolute atomic E-state index is 11.8. The van der Waals surface area contributed by atoms with Gasteiger partial charge < -0.3 is 15.2 Å². The van der Waals surface area contributed by atoms with Crippen LogP contribution in [0.25, 0.3) is 0 Å². The van der Waals surface area contributed by atoms with Crippen LogP contribution in [0.15, 0.2) is 24.3 Å². The molecule has 0 fully saturated rings. The molecule has 20 heavy (non-hydrogen) atoms. The number of methoxy groups -OCH3 is 1. The number of hydrogen-bond donors (Lipinski definition) is 2. The van der Waals surface area contributed by atoms with E-state index in [-0.39, 0.29) is 23.9 Å². The fourth-order valence-electron chi connectivity index (χ4n) is 1.91. The molecule has 0 heterocycles. The second-order valence-corrected chi connectivity index (χ2v) is 4.71. The van der Waals surface area contributed by atoms with Crippen LogP contribution in [-0.4, -0.2) is 36.7 Å². The average molecular weight is 279 g/mol. The largest absolute Gasteiger partial charge is 0.478 e. The molecule has 0 saturated carbocycles. The maximum atomic E-state index is 11.8. The van der Waals surface area contributed by atoms with Crippen LogP contribution in [0.4, 0.5) is 0 Å². The quantitative estimate of drug-likeness (QED) is 0.761. The molecule has 1 aromatic rings. The zero-order valence-electron chi connectivity index (χ0n) is 11.9. The number of aryl methyl sites for hydroxylation is 1. The number of carboxylic acid groups (broad SMARTS) is 1. The molecule has 1 rings (SSSR count). The van der Waals surface area contributed by atoms with E-state index < -0.39 is 5.97 Å². The Morgan fingerprint density at radius 3 is 2.70 bits per heavy atom. The van der Waals surface area contributed by atoms with Crippen molar-refractivity contribution in [3.63, 3.8) is 0 Å². The molecule has 5 nitrogen and oxygen atoms in total. The third-order valence-corrected chi connectivity index (χ3v) is 3.03. The third-order valence-electron chi connectivity index (χ3n) is 3.03. The predicted octanol–water partition coefficient (Wildman–Crippen LogP) is 1.86. The second kappa shape index (κ2) is 8.32. The number of carbonyl (C=O) groups is 2. The molecule has 0 aromatic heterocycles. The SMILES string of the molecule is COCCC(C)NC(=O)CCc1ccccc1C(=O)O. The van der Waals surface area contributed by atoms with E-state index in [1.807, 2.05) is 6.92 Å². The molecule has 0 aliphatic carbocycles. The normalized spacial score (nSPS) is 11.9. The van der Waals surface area contributed by atoms with E-state index in [1.165, 1.54) is 0 Å². The van der Waals surface area contributed by atoms with Crippen LogP contribution in [-0.2, 0) is 16.0 Å². The summed E-state index contributed by atoms with van der Waals surface area (Å²) in [6, 6.07) is 6.81. The van der Waals surface area contributed by atoms with Crippen molar-refractivity contribution in [1.82, 2.24) is 5.32 Å². The van der Waals surface area contributed by atoms with Crippen molar-refractivity contribution < 1.29 is 19.4 Å². The van der Waals surface area contributed by atoms with Crippen molar-refractivity contribution in [3.05, 3.63) is 35.4 Å².